The number of aliphatic hydroxyl groups excluding tert-OH is 1. The third kappa shape index (κ3) is 3.44. The summed E-state index contributed by atoms with van der Waals surface area (Å²) in [6.07, 6.45) is -0.827. The van der Waals surface area contributed by atoms with Crippen LogP contribution in [-0.4, -0.2) is 25.2 Å². The summed E-state index contributed by atoms with van der Waals surface area (Å²) < 4.78 is 27.3. The second-order valence-corrected chi connectivity index (χ2v) is 7.20. The molecule has 102 valence electrons. The summed E-state index contributed by atoms with van der Waals surface area (Å²) in [6.45, 7) is 4.74. The molecule has 1 atom stereocenters. The van der Waals surface area contributed by atoms with Gasteiger partial charge in [-0.1, -0.05) is 0 Å². The SMILES string of the molecule is CC(O)C(C)(C)NS(=O)(=O)c1cc(N)ccc1Br. The normalized spacial score (nSPS) is 14.5. The minimum absolute atomic E-state index is 0.0521. The molecule has 0 heterocycles. The quantitative estimate of drug-likeness (QED) is 0.726. The zero-order valence-corrected chi connectivity index (χ0v) is 12.8. The van der Waals surface area contributed by atoms with E-state index in [0.717, 1.165) is 0 Å². The first-order valence-electron chi connectivity index (χ1n) is 5.33. The summed E-state index contributed by atoms with van der Waals surface area (Å²) in [6, 6.07) is 4.53. The number of aliphatic hydroxyl groups is 1. The highest BCUT2D eigenvalue weighted by Crippen LogP contribution is 2.25. The maximum Gasteiger partial charge on any atom is 0.242 e. The van der Waals surface area contributed by atoms with Gasteiger partial charge in [0, 0.05) is 10.2 Å². The lowest BCUT2D eigenvalue weighted by Gasteiger charge is -2.29. The van der Waals surface area contributed by atoms with E-state index in [1.54, 1.807) is 26.0 Å². The summed E-state index contributed by atoms with van der Waals surface area (Å²) in [7, 11) is -3.75. The Morgan fingerprint density at radius 3 is 2.50 bits per heavy atom. The lowest BCUT2D eigenvalue weighted by Crippen LogP contribution is -2.50. The van der Waals surface area contributed by atoms with E-state index < -0.39 is 21.7 Å². The summed E-state index contributed by atoms with van der Waals surface area (Å²) >= 11 is 3.17. The van der Waals surface area contributed by atoms with Crippen LogP contribution < -0.4 is 10.5 Å². The zero-order valence-electron chi connectivity index (χ0n) is 10.4. The summed E-state index contributed by atoms with van der Waals surface area (Å²) in [5.41, 5.74) is 4.97. The van der Waals surface area contributed by atoms with Crippen LogP contribution in [0.2, 0.25) is 0 Å². The molecule has 0 radical (unpaired) electrons. The van der Waals surface area contributed by atoms with Crippen molar-refractivity contribution in [2.45, 2.75) is 37.3 Å². The fourth-order valence-electron chi connectivity index (χ4n) is 1.21. The number of hydrogen-bond acceptors (Lipinski definition) is 4. The average Bonchev–Trinajstić information content (AvgIpc) is 2.19. The van der Waals surface area contributed by atoms with Gasteiger partial charge in [0.05, 0.1) is 16.5 Å². The van der Waals surface area contributed by atoms with Crippen molar-refractivity contribution in [2.24, 2.45) is 0 Å². The Kier molecular flexibility index (Phi) is 4.42. The summed E-state index contributed by atoms with van der Waals surface area (Å²) in [5.74, 6) is 0. The van der Waals surface area contributed by atoms with Crippen molar-refractivity contribution in [1.29, 1.82) is 0 Å². The van der Waals surface area contributed by atoms with Crippen molar-refractivity contribution in [3.63, 3.8) is 0 Å². The van der Waals surface area contributed by atoms with Crippen LogP contribution in [0.3, 0.4) is 0 Å². The smallest absolute Gasteiger partial charge is 0.242 e. The molecule has 5 nitrogen and oxygen atoms in total. The molecule has 0 aromatic heterocycles. The molecule has 1 aromatic carbocycles. The number of halogens is 1. The summed E-state index contributed by atoms with van der Waals surface area (Å²) in [5, 5.41) is 9.55. The molecule has 0 fully saturated rings. The molecular formula is C11H17BrN2O3S. The maximum absolute atomic E-state index is 12.2. The maximum atomic E-state index is 12.2. The molecule has 1 aromatic rings. The van der Waals surface area contributed by atoms with Crippen LogP contribution in [0, 0.1) is 0 Å². The van der Waals surface area contributed by atoms with E-state index in [9.17, 15) is 13.5 Å². The molecule has 0 saturated carbocycles. The van der Waals surface area contributed by atoms with Gasteiger partial charge in [-0.15, -0.1) is 0 Å². The lowest BCUT2D eigenvalue weighted by atomic mass is 10.0. The predicted molar refractivity (Wildman–Crippen MR) is 74.6 cm³/mol. The number of nitrogen functional groups attached to an aromatic ring is 1. The van der Waals surface area contributed by atoms with Crippen LogP contribution in [0.15, 0.2) is 27.6 Å². The highest BCUT2D eigenvalue weighted by Gasteiger charge is 2.31. The Balaban J connectivity index is 3.19. The highest BCUT2D eigenvalue weighted by molar-refractivity contribution is 9.10. The molecule has 0 aliphatic rings. The van der Waals surface area contributed by atoms with Crippen molar-refractivity contribution in [3.8, 4) is 0 Å². The van der Waals surface area contributed by atoms with Crippen LogP contribution in [0.25, 0.3) is 0 Å². The predicted octanol–water partition coefficient (Wildman–Crippen LogP) is 1.47. The molecule has 0 amide bonds. The molecular weight excluding hydrogens is 320 g/mol. The molecule has 0 spiro atoms. The first-order chi connectivity index (χ1) is 8.06. The Morgan fingerprint density at radius 2 is 2.00 bits per heavy atom. The van der Waals surface area contributed by atoms with Crippen LogP contribution in [0.4, 0.5) is 5.69 Å². The van der Waals surface area contributed by atoms with E-state index >= 15 is 0 Å². The molecule has 4 N–H and O–H groups in total. The molecule has 1 rings (SSSR count). The first-order valence-corrected chi connectivity index (χ1v) is 7.61. The number of nitrogens with two attached hydrogens (primary N) is 1. The van der Waals surface area contributed by atoms with Gasteiger partial charge in [0.2, 0.25) is 10.0 Å². The van der Waals surface area contributed by atoms with Gasteiger partial charge < -0.3 is 10.8 Å². The van der Waals surface area contributed by atoms with Crippen molar-refractivity contribution in [2.75, 3.05) is 5.73 Å². The standard InChI is InChI=1S/C11H17BrN2O3S/c1-7(15)11(2,3)14-18(16,17)10-6-8(13)4-5-9(10)12/h4-7,14-15H,13H2,1-3H3. The molecule has 1 unspecified atom stereocenters. The summed E-state index contributed by atoms with van der Waals surface area (Å²) in [4.78, 5) is 0.0521. The third-order valence-corrected chi connectivity index (χ3v) is 5.35. The topological polar surface area (TPSA) is 92.4 Å². The lowest BCUT2D eigenvalue weighted by molar-refractivity contribution is 0.111. The van der Waals surface area contributed by atoms with Crippen molar-refractivity contribution in [3.05, 3.63) is 22.7 Å². The average molecular weight is 337 g/mol. The number of nitrogens with one attached hydrogen (secondary N) is 1. The Hall–Kier alpha value is -0.630. The van der Waals surface area contributed by atoms with Crippen LogP contribution in [0.5, 0.6) is 0 Å². The number of benzene rings is 1. The van der Waals surface area contributed by atoms with E-state index in [-0.39, 0.29) is 4.90 Å². The third-order valence-electron chi connectivity index (χ3n) is 2.69. The van der Waals surface area contributed by atoms with Crippen LogP contribution in [-0.2, 0) is 10.0 Å². The number of hydrogen-bond donors (Lipinski definition) is 3. The van der Waals surface area contributed by atoms with Gasteiger partial charge in [0.25, 0.3) is 0 Å². The van der Waals surface area contributed by atoms with Gasteiger partial charge in [0.15, 0.2) is 0 Å². The van der Waals surface area contributed by atoms with E-state index in [4.69, 9.17) is 5.73 Å². The van der Waals surface area contributed by atoms with E-state index in [2.05, 4.69) is 20.7 Å². The Bertz CT molecular complexity index is 541. The van der Waals surface area contributed by atoms with E-state index in [1.165, 1.54) is 13.0 Å². The monoisotopic (exact) mass is 336 g/mol. The first kappa shape index (κ1) is 15.4. The van der Waals surface area contributed by atoms with Gasteiger partial charge in [-0.3, -0.25) is 0 Å². The molecule has 0 aliphatic heterocycles. The highest BCUT2D eigenvalue weighted by atomic mass is 79.9. The Labute approximate surface area is 116 Å². The molecule has 7 heteroatoms. The minimum atomic E-state index is -3.75. The van der Waals surface area contributed by atoms with E-state index in [0.29, 0.717) is 10.2 Å². The number of anilines is 1. The van der Waals surface area contributed by atoms with Crippen molar-refractivity contribution >= 4 is 31.6 Å². The second-order valence-electron chi connectivity index (χ2n) is 4.69. The Morgan fingerprint density at radius 1 is 1.44 bits per heavy atom. The van der Waals surface area contributed by atoms with E-state index in [1.807, 2.05) is 0 Å². The van der Waals surface area contributed by atoms with Gasteiger partial charge in [-0.05, 0) is 54.9 Å². The molecule has 0 saturated heterocycles. The van der Waals surface area contributed by atoms with Gasteiger partial charge >= 0.3 is 0 Å². The van der Waals surface area contributed by atoms with Crippen molar-refractivity contribution in [1.82, 2.24) is 4.72 Å². The van der Waals surface area contributed by atoms with Gasteiger partial charge in [-0.25, -0.2) is 13.1 Å². The fourth-order valence-corrected chi connectivity index (χ4v) is 3.69. The largest absolute Gasteiger partial charge is 0.399 e. The second kappa shape index (κ2) is 5.16. The fraction of sp³-hybridized carbons (Fsp3) is 0.455. The number of sulfonamides is 1. The zero-order chi connectivity index (χ0) is 14.1. The van der Waals surface area contributed by atoms with Gasteiger partial charge in [0.1, 0.15) is 0 Å². The molecule has 0 aliphatic carbocycles. The van der Waals surface area contributed by atoms with Crippen LogP contribution >= 0.6 is 15.9 Å². The van der Waals surface area contributed by atoms with Crippen LogP contribution in [0.1, 0.15) is 20.8 Å². The molecule has 0 bridgehead atoms. The molecule has 18 heavy (non-hydrogen) atoms. The number of rotatable bonds is 4. The van der Waals surface area contributed by atoms with Gasteiger partial charge in [-0.2, -0.15) is 0 Å². The minimum Gasteiger partial charge on any atom is -0.399 e. The van der Waals surface area contributed by atoms with Crippen molar-refractivity contribution < 1.29 is 13.5 Å².